The lowest BCUT2D eigenvalue weighted by Gasteiger charge is -2.04. The molecule has 0 saturated heterocycles. The molecule has 0 rings (SSSR count). The first kappa shape index (κ1) is 9.21. The third-order valence-electron chi connectivity index (χ3n) is 0.887. The molecule has 0 spiro atoms. The van der Waals surface area contributed by atoms with Crippen LogP contribution in [0.15, 0.2) is 12.2 Å². The fraction of sp³-hybridized carbons (Fsp3) is 0.625. The van der Waals surface area contributed by atoms with Crippen LogP contribution in [0.1, 0.15) is 27.2 Å². The van der Waals surface area contributed by atoms with E-state index in [1.54, 1.807) is 6.08 Å². The van der Waals surface area contributed by atoms with Gasteiger partial charge in [-0.15, -0.1) is 0 Å². The summed E-state index contributed by atoms with van der Waals surface area (Å²) in [5.41, 5.74) is 0. The first-order valence-electron chi connectivity index (χ1n) is 3.47. The average Bonchev–Trinajstić information content (AvgIpc) is 1.82. The third kappa shape index (κ3) is 5.35. The molecule has 58 valence electrons. The van der Waals surface area contributed by atoms with E-state index in [0.717, 1.165) is 0 Å². The Kier molecular flexibility index (Phi) is 4.63. The van der Waals surface area contributed by atoms with Gasteiger partial charge in [0.1, 0.15) is 0 Å². The van der Waals surface area contributed by atoms with Crippen LogP contribution in [0.3, 0.4) is 0 Å². The summed E-state index contributed by atoms with van der Waals surface area (Å²) in [6.07, 6.45) is 4.00. The van der Waals surface area contributed by atoms with Gasteiger partial charge in [0.2, 0.25) is 0 Å². The summed E-state index contributed by atoms with van der Waals surface area (Å²) in [6, 6.07) is 0. The number of esters is 1. The molecule has 0 bridgehead atoms. The van der Waals surface area contributed by atoms with Crippen LogP contribution in [0.5, 0.6) is 0 Å². The number of rotatable bonds is 3. The molecule has 0 heterocycles. The fourth-order valence-electron chi connectivity index (χ4n) is 0.525. The van der Waals surface area contributed by atoms with Crippen molar-refractivity contribution in [2.75, 3.05) is 0 Å². The molecule has 0 aromatic rings. The minimum absolute atomic E-state index is 0.00208. The minimum Gasteiger partial charge on any atom is -0.463 e. The molecule has 0 aliphatic heterocycles. The molecule has 0 aliphatic carbocycles. The summed E-state index contributed by atoms with van der Waals surface area (Å²) < 4.78 is 4.86. The van der Waals surface area contributed by atoms with E-state index >= 15 is 0 Å². The van der Waals surface area contributed by atoms with Gasteiger partial charge in [-0.05, 0) is 20.8 Å². The Morgan fingerprint density at radius 2 is 2.20 bits per heavy atom. The van der Waals surface area contributed by atoms with E-state index in [2.05, 4.69) is 0 Å². The topological polar surface area (TPSA) is 26.3 Å². The molecular weight excluding hydrogens is 128 g/mol. The van der Waals surface area contributed by atoms with E-state index < -0.39 is 0 Å². The molecule has 0 aromatic heterocycles. The zero-order valence-electron chi connectivity index (χ0n) is 6.76. The number of hydrogen-bond donors (Lipinski definition) is 0. The van der Waals surface area contributed by atoms with Crippen LogP contribution in [-0.4, -0.2) is 12.1 Å². The van der Waals surface area contributed by atoms with Gasteiger partial charge in [-0.25, -0.2) is 0 Å². The van der Waals surface area contributed by atoms with E-state index in [9.17, 15) is 4.79 Å². The summed E-state index contributed by atoms with van der Waals surface area (Å²) in [4.78, 5) is 10.7. The Morgan fingerprint density at radius 1 is 1.60 bits per heavy atom. The highest BCUT2D eigenvalue weighted by Gasteiger charge is 2.00. The van der Waals surface area contributed by atoms with Crippen molar-refractivity contribution in [3.63, 3.8) is 0 Å². The third-order valence-corrected chi connectivity index (χ3v) is 0.887. The largest absolute Gasteiger partial charge is 0.463 e. The van der Waals surface area contributed by atoms with E-state index in [1.807, 2.05) is 26.8 Å². The molecule has 0 fully saturated rings. The van der Waals surface area contributed by atoms with E-state index in [0.29, 0.717) is 6.42 Å². The summed E-state index contributed by atoms with van der Waals surface area (Å²) in [6.45, 7) is 5.56. The zero-order valence-corrected chi connectivity index (χ0v) is 6.76. The summed E-state index contributed by atoms with van der Waals surface area (Å²) >= 11 is 0. The molecule has 2 heteroatoms. The van der Waals surface area contributed by atoms with Crippen molar-refractivity contribution < 1.29 is 9.53 Å². The highest BCUT2D eigenvalue weighted by atomic mass is 16.5. The van der Waals surface area contributed by atoms with Crippen LogP contribution in [0.25, 0.3) is 0 Å². The Morgan fingerprint density at radius 3 is 2.60 bits per heavy atom. The summed E-state index contributed by atoms with van der Waals surface area (Å²) in [5.74, 6) is -0.159. The molecule has 0 aromatic carbocycles. The molecule has 10 heavy (non-hydrogen) atoms. The summed E-state index contributed by atoms with van der Waals surface area (Å²) in [7, 11) is 0. The van der Waals surface area contributed by atoms with E-state index in [1.165, 1.54) is 0 Å². The standard InChI is InChI=1S/C8H14O2/c1-4-5-6-8(9)10-7(2)3/h4-5,7H,6H2,1-3H3/b5-4-. The molecule has 0 radical (unpaired) electrons. The maximum Gasteiger partial charge on any atom is 0.309 e. The van der Waals surface area contributed by atoms with Crippen molar-refractivity contribution in [3.8, 4) is 0 Å². The van der Waals surface area contributed by atoms with Crippen LogP contribution >= 0.6 is 0 Å². The van der Waals surface area contributed by atoms with Gasteiger partial charge in [-0.2, -0.15) is 0 Å². The predicted molar refractivity (Wildman–Crippen MR) is 40.7 cm³/mol. The second kappa shape index (κ2) is 5.03. The number of carbonyl (C=O) groups excluding carboxylic acids is 1. The fourth-order valence-corrected chi connectivity index (χ4v) is 0.525. The van der Waals surface area contributed by atoms with Crippen molar-refractivity contribution in [2.24, 2.45) is 0 Å². The number of carbonyl (C=O) groups is 1. The van der Waals surface area contributed by atoms with E-state index in [4.69, 9.17) is 4.74 Å². The van der Waals surface area contributed by atoms with Gasteiger partial charge in [-0.3, -0.25) is 4.79 Å². The van der Waals surface area contributed by atoms with Gasteiger partial charge < -0.3 is 4.74 Å². The van der Waals surface area contributed by atoms with Crippen LogP contribution < -0.4 is 0 Å². The molecular formula is C8H14O2. The molecule has 0 aliphatic rings. The minimum atomic E-state index is -0.159. The predicted octanol–water partition coefficient (Wildman–Crippen LogP) is 1.90. The van der Waals surface area contributed by atoms with Crippen LogP contribution in [0.2, 0.25) is 0 Å². The van der Waals surface area contributed by atoms with Gasteiger partial charge in [0.05, 0.1) is 12.5 Å². The first-order valence-corrected chi connectivity index (χ1v) is 3.47. The van der Waals surface area contributed by atoms with Crippen molar-refractivity contribution in [3.05, 3.63) is 12.2 Å². The lowest BCUT2D eigenvalue weighted by molar-refractivity contribution is -0.146. The quantitative estimate of drug-likeness (QED) is 0.444. The molecule has 0 unspecified atom stereocenters. The monoisotopic (exact) mass is 142 g/mol. The highest BCUT2D eigenvalue weighted by molar-refractivity contribution is 5.71. The lowest BCUT2D eigenvalue weighted by atomic mass is 10.4. The maximum atomic E-state index is 10.7. The van der Waals surface area contributed by atoms with Gasteiger partial charge in [0, 0.05) is 0 Å². The van der Waals surface area contributed by atoms with E-state index in [-0.39, 0.29) is 12.1 Å². The SMILES string of the molecule is C/C=C\CC(=O)OC(C)C. The van der Waals surface area contributed by atoms with Crippen LogP contribution in [-0.2, 0) is 9.53 Å². The second-order valence-corrected chi connectivity index (χ2v) is 2.31. The molecule has 0 amide bonds. The smallest absolute Gasteiger partial charge is 0.309 e. The average molecular weight is 142 g/mol. The Hall–Kier alpha value is -0.790. The normalized spacial score (nSPS) is 10.8. The van der Waals surface area contributed by atoms with Crippen molar-refractivity contribution >= 4 is 5.97 Å². The molecule has 0 saturated carbocycles. The maximum absolute atomic E-state index is 10.7. The Bertz CT molecular complexity index is 125. The van der Waals surface area contributed by atoms with Crippen molar-refractivity contribution in [2.45, 2.75) is 33.3 Å². The van der Waals surface area contributed by atoms with Gasteiger partial charge >= 0.3 is 5.97 Å². The van der Waals surface area contributed by atoms with Crippen molar-refractivity contribution in [1.82, 2.24) is 0 Å². The number of ether oxygens (including phenoxy) is 1. The highest BCUT2D eigenvalue weighted by Crippen LogP contribution is 1.93. The first-order chi connectivity index (χ1) is 4.66. The van der Waals surface area contributed by atoms with Crippen LogP contribution in [0, 0.1) is 0 Å². The summed E-state index contributed by atoms with van der Waals surface area (Å²) in [5, 5.41) is 0. The number of hydrogen-bond acceptors (Lipinski definition) is 2. The number of allylic oxidation sites excluding steroid dienone is 1. The zero-order chi connectivity index (χ0) is 7.98. The van der Waals surface area contributed by atoms with Gasteiger partial charge in [0.15, 0.2) is 0 Å². The molecule has 0 atom stereocenters. The van der Waals surface area contributed by atoms with Crippen LogP contribution in [0.4, 0.5) is 0 Å². The lowest BCUT2D eigenvalue weighted by Crippen LogP contribution is -2.09. The Balaban J connectivity index is 3.44. The Labute approximate surface area is 61.9 Å². The second-order valence-electron chi connectivity index (χ2n) is 2.31. The van der Waals surface area contributed by atoms with Gasteiger partial charge in [0.25, 0.3) is 0 Å². The molecule has 2 nitrogen and oxygen atoms in total. The molecule has 0 N–H and O–H groups in total. The van der Waals surface area contributed by atoms with Crippen molar-refractivity contribution in [1.29, 1.82) is 0 Å². The van der Waals surface area contributed by atoms with Gasteiger partial charge in [-0.1, -0.05) is 12.2 Å².